The smallest absolute Gasteiger partial charge is 0.329 e. The first kappa shape index (κ1) is 23.6. The number of hydrogen-bond donors (Lipinski definition) is 3. The number of aryl methyl sites for hydroxylation is 1. The van der Waals surface area contributed by atoms with E-state index in [4.69, 9.17) is 4.74 Å². The van der Waals surface area contributed by atoms with E-state index < -0.39 is 17.4 Å². The lowest BCUT2D eigenvalue weighted by Crippen LogP contribution is -2.31. The van der Waals surface area contributed by atoms with Crippen LogP contribution in [-0.2, 0) is 13.6 Å². The Bertz CT molecular complexity index is 1120. The molecule has 0 saturated heterocycles. The Morgan fingerprint density at radius 1 is 1.22 bits per heavy atom. The van der Waals surface area contributed by atoms with Gasteiger partial charge in [0.1, 0.15) is 18.5 Å². The Kier molecular flexibility index (Phi) is 8.10. The van der Waals surface area contributed by atoms with Crippen molar-refractivity contribution in [3.05, 3.63) is 51.2 Å². The third-order valence-corrected chi connectivity index (χ3v) is 5.68. The van der Waals surface area contributed by atoms with Crippen LogP contribution < -0.4 is 21.3 Å². The molecule has 9 nitrogen and oxygen atoms in total. The number of H-pyrrole nitrogens is 1. The summed E-state index contributed by atoms with van der Waals surface area (Å²) >= 11 is 0. The molecule has 2 heterocycles. The van der Waals surface area contributed by atoms with Gasteiger partial charge in [-0.25, -0.2) is 4.79 Å². The second kappa shape index (κ2) is 11.0. The number of anilines is 1. The van der Waals surface area contributed by atoms with E-state index in [9.17, 15) is 14.7 Å². The molecular formula is C23H33N5O4. The lowest BCUT2D eigenvalue weighted by molar-refractivity contribution is 0.0938. The SMILES string of the molecule is CCCC[C@H](CC)CNc1nc2c(c(=O)[nH]c(=O)n2C)n1C[C@H](O)COc1ccccc1. The summed E-state index contributed by atoms with van der Waals surface area (Å²) in [7, 11) is 1.56. The van der Waals surface area contributed by atoms with Gasteiger partial charge in [0.25, 0.3) is 5.56 Å². The van der Waals surface area contributed by atoms with Crippen molar-refractivity contribution in [2.24, 2.45) is 13.0 Å². The number of ether oxygens (including phenoxy) is 1. The number of nitrogens with one attached hydrogen (secondary N) is 2. The molecule has 174 valence electrons. The third kappa shape index (κ3) is 5.59. The summed E-state index contributed by atoms with van der Waals surface area (Å²) in [6.45, 7) is 5.18. The number of benzene rings is 1. The molecule has 2 aromatic heterocycles. The topological polar surface area (TPSA) is 114 Å². The minimum atomic E-state index is -0.883. The van der Waals surface area contributed by atoms with Crippen molar-refractivity contribution < 1.29 is 9.84 Å². The molecule has 9 heteroatoms. The monoisotopic (exact) mass is 443 g/mol. The van der Waals surface area contributed by atoms with Crippen LogP contribution >= 0.6 is 0 Å². The van der Waals surface area contributed by atoms with Crippen LogP contribution in [-0.4, -0.2) is 43.5 Å². The van der Waals surface area contributed by atoms with E-state index in [1.165, 1.54) is 4.57 Å². The Balaban J connectivity index is 1.86. The molecule has 0 aliphatic heterocycles. The zero-order valence-electron chi connectivity index (χ0n) is 19.0. The minimum absolute atomic E-state index is 0.0564. The number of aliphatic hydroxyl groups is 1. The van der Waals surface area contributed by atoms with Crippen molar-refractivity contribution in [1.82, 2.24) is 19.1 Å². The van der Waals surface area contributed by atoms with Crippen LogP contribution in [0.4, 0.5) is 5.95 Å². The van der Waals surface area contributed by atoms with Crippen LogP contribution in [0.25, 0.3) is 11.2 Å². The number of aromatic amines is 1. The number of imidazole rings is 1. The fourth-order valence-corrected chi connectivity index (χ4v) is 3.70. The molecule has 0 amide bonds. The minimum Gasteiger partial charge on any atom is -0.491 e. The summed E-state index contributed by atoms with van der Waals surface area (Å²) in [4.78, 5) is 31.5. The van der Waals surface area contributed by atoms with Gasteiger partial charge < -0.3 is 19.7 Å². The predicted octanol–water partition coefficient (Wildman–Crippen LogP) is 2.49. The first-order valence-electron chi connectivity index (χ1n) is 11.2. The maximum absolute atomic E-state index is 12.6. The van der Waals surface area contributed by atoms with Crippen LogP contribution in [0.5, 0.6) is 5.75 Å². The highest BCUT2D eigenvalue weighted by Crippen LogP contribution is 2.19. The first-order valence-corrected chi connectivity index (χ1v) is 11.2. The lowest BCUT2D eigenvalue weighted by atomic mass is 9.99. The number of rotatable bonds is 12. The van der Waals surface area contributed by atoms with E-state index in [2.05, 4.69) is 29.1 Å². The third-order valence-electron chi connectivity index (χ3n) is 5.68. The highest BCUT2D eigenvalue weighted by atomic mass is 16.5. The summed E-state index contributed by atoms with van der Waals surface area (Å²) < 4.78 is 8.60. The van der Waals surface area contributed by atoms with Gasteiger partial charge >= 0.3 is 5.69 Å². The molecule has 0 aliphatic rings. The number of unbranched alkanes of at least 4 members (excludes halogenated alkanes) is 1. The van der Waals surface area contributed by atoms with E-state index in [0.717, 1.165) is 25.7 Å². The van der Waals surface area contributed by atoms with E-state index >= 15 is 0 Å². The Morgan fingerprint density at radius 2 is 1.97 bits per heavy atom. The number of fused-ring (bicyclic) bond motifs is 1. The quantitative estimate of drug-likeness (QED) is 0.396. The maximum atomic E-state index is 12.6. The van der Waals surface area contributed by atoms with Crippen molar-refractivity contribution in [2.75, 3.05) is 18.5 Å². The summed E-state index contributed by atoms with van der Waals surface area (Å²) in [6.07, 6.45) is 3.54. The fourth-order valence-electron chi connectivity index (χ4n) is 3.70. The molecule has 0 spiro atoms. The van der Waals surface area contributed by atoms with Crippen molar-refractivity contribution >= 4 is 17.1 Å². The zero-order chi connectivity index (χ0) is 23.1. The standard InChI is InChI=1S/C23H33N5O4/c1-4-6-10-16(5-2)13-24-22-25-20-19(21(30)26-23(31)27(20)3)28(22)14-17(29)15-32-18-11-8-7-9-12-18/h7-9,11-12,16-17,29H,4-6,10,13-15H2,1-3H3,(H,24,25)(H,26,30,31)/t16-,17-/m0/s1. The molecule has 3 N–H and O–H groups in total. The van der Waals surface area contributed by atoms with E-state index in [-0.39, 0.29) is 24.3 Å². The molecule has 0 aliphatic carbocycles. The Labute approximate surface area is 187 Å². The second-order valence-corrected chi connectivity index (χ2v) is 8.11. The van der Waals surface area contributed by atoms with E-state index in [1.807, 2.05) is 30.3 Å². The molecule has 3 aromatic rings. The molecule has 0 unspecified atom stereocenters. The number of para-hydroxylation sites is 1. The Morgan fingerprint density at radius 3 is 2.66 bits per heavy atom. The maximum Gasteiger partial charge on any atom is 0.329 e. The van der Waals surface area contributed by atoms with Gasteiger partial charge in [-0.05, 0) is 24.5 Å². The molecule has 1 aromatic carbocycles. The van der Waals surface area contributed by atoms with Crippen LogP contribution in [0.3, 0.4) is 0 Å². The van der Waals surface area contributed by atoms with Gasteiger partial charge in [0.15, 0.2) is 11.2 Å². The van der Waals surface area contributed by atoms with Gasteiger partial charge in [-0.15, -0.1) is 0 Å². The van der Waals surface area contributed by atoms with Gasteiger partial charge in [-0.2, -0.15) is 4.98 Å². The predicted molar refractivity (Wildman–Crippen MR) is 125 cm³/mol. The van der Waals surface area contributed by atoms with Crippen molar-refractivity contribution in [3.8, 4) is 5.75 Å². The second-order valence-electron chi connectivity index (χ2n) is 8.11. The Hall–Kier alpha value is -3.07. The largest absolute Gasteiger partial charge is 0.491 e. The highest BCUT2D eigenvalue weighted by Gasteiger charge is 2.20. The molecule has 0 radical (unpaired) electrons. The van der Waals surface area contributed by atoms with Crippen LogP contribution in [0.2, 0.25) is 0 Å². The van der Waals surface area contributed by atoms with Gasteiger partial charge in [-0.1, -0.05) is 51.3 Å². The summed E-state index contributed by atoms with van der Waals surface area (Å²) in [5.74, 6) is 1.58. The molecule has 3 rings (SSSR count). The van der Waals surface area contributed by atoms with E-state index in [1.54, 1.807) is 11.6 Å². The molecule has 2 atom stereocenters. The zero-order valence-corrected chi connectivity index (χ0v) is 19.0. The van der Waals surface area contributed by atoms with Gasteiger partial charge in [0, 0.05) is 13.6 Å². The average molecular weight is 444 g/mol. The van der Waals surface area contributed by atoms with E-state index in [0.29, 0.717) is 24.2 Å². The van der Waals surface area contributed by atoms with Gasteiger partial charge in [0.2, 0.25) is 5.95 Å². The molecule has 0 saturated carbocycles. The van der Waals surface area contributed by atoms with Crippen molar-refractivity contribution in [2.45, 2.75) is 52.2 Å². The summed E-state index contributed by atoms with van der Waals surface area (Å²) in [5, 5.41) is 14.0. The molecular weight excluding hydrogens is 410 g/mol. The first-order chi connectivity index (χ1) is 15.4. The molecule has 0 fully saturated rings. The fraction of sp³-hybridized carbons (Fsp3) is 0.522. The number of aliphatic hydroxyl groups excluding tert-OH is 1. The van der Waals surface area contributed by atoms with Crippen molar-refractivity contribution in [3.63, 3.8) is 0 Å². The highest BCUT2D eigenvalue weighted by molar-refractivity contribution is 5.74. The summed E-state index contributed by atoms with van der Waals surface area (Å²) in [5.41, 5.74) is -0.534. The number of aromatic nitrogens is 4. The molecule has 0 bridgehead atoms. The normalized spacial score (nSPS) is 13.2. The van der Waals surface area contributed by atoms with Crippen LogP contribution in [0, 0.1) is 5.92 Å². The number of hydrogen-bond acceptors (Lipinski definition) is 6. The average Bonchev–Trinajstić information content (AvgIpc) is 3.15. The van der Waals surface area contributed by atoms with Crippen LogP contribution in [0.15, 0.2) is 39.9 Å². The number of nitrogens with zero attached hydrogens (tertiary/aromatic N) is 3. The van der Waals surface area contributed by atoms with Crippen LogP contribution in [0.1, 0.15) is 39.5 Å². The van der Waals surface area contributed by atoms with Gasteiger partial charge in [0.05, 0.1) is 6.54 Å². The van der Waals surface area contributed by atoms with Gasteiger partial charge in [-0.3, -0.25) is 14.3 Å². The van der Waals surface area contributed by atoms with Crippen molar-refractivity contribution in [1.29, 1.82) is 0 Å². The summed E-state index contributed by atoms with van der Waals surface area (Å²) in [6, 6.07) is 9.23. The molecule has 32 heavy (non-hydrogen) atoms. The lowest BCUT2D eigenvalue weighted by Gasteiger charge is -2.18.